The molecule has 1 rings (SSSR count). The lowest BCUT2D eigenvalue weighted by Crippen LogP contribution is -2.05. The highest BCUT2D eigenvalue weighted by atomic mass is 14.8. The minimum atomic E-state index is 0.592. The summed E-state index contributed by atoms with van der Waals surface area (Å²) in [7, 11) is 3.63. The monoisotopic (exact) mass is 162 g/mol. The third kappa shape index (κ3) is 2.08. The van der Waals surface area contributed by atoms with Crippen LogP contribution in [0.1, 0.15) is 30.9 Å². The molecule has 0 saturated carbocycles. The van der Waals surface area contributed by atoms with Crippen LogP contribution in [0.4, 0.5) is 0 Å². The summed E-state index contributed by atoms with van der Waals surface area (Å²) in [5.74, 6) is 0.592. The zero-order chi connectivity index (χ0) is 8.97. The van der Waals surface area contributed by atoms with Gasteiger partial charge in [0.15, 0.2) is 0 Å². The van der Waals surface area contributed by atoms with Crippen LogP contribution in [0.15, 0.2) is 24.3 Å². The van der Waals surface area contributed by atoms with E-state index in [-0.39, 0.29) is 0 Å². The molecule has 12 heavy (non-hydrogen) atoms. The lowest BCUT2D eigenvalue weighted by atomic mass is 9.97. The average molecular weight is 162 g/mol. The van der Waals surface area contributed by atoms with Gasteiger partial charge in [-0.25, -0.2) is 0 Å². The Balaban J connectivity index is 2.92. The second-order valence-electron chi connectivity index (χ2n) is 3.28. The van der Waals surface area contributed by atoms with Crippen LogP contribution in [0.25, 0.3) is 0 Å². The molecule has 0 aromatic heterocycles. The molecule has 0 fully saturated rings. The quantitative estimate of drug-likeness (QED) is 0.720. The van der Waals surface area contributed by atoms with Crippen LogP contribution >= 0.6 is 0 Å². The summed E-state index contributed by atoms with van der Waals surface area (Å²) in [6, 6.07) is 8.48. The van der Waals surface area contributed by atoms with Gasteiger partial charge in [-0.1, -0.05) is 38.1 Å². The van der Waals surface area contributed by atoms with Gasteiger partial charge in [0.1, 0.15) is 0 Å². The maximum Gasteiger partial charge on any atom is 0.0208 e. The molecule has 1 nitrogen and oxygen atoms in total. The van der Waals surface area contributed by atoms with Crippen molar-refractivity contribution in [3.8, 4) is 0 Å². The first kappa shape index (κ1) is 9.27. The Morgan fingerprint density at radius 3 is 2.58 bits per heavy atom. The van der Waals surface area contributed by atoms with Crippen molar-refractivity contribution in [1.29, 1.82) is 0 Å². The van der Waals surface area contributed by atoms with Gasteiger partial charge in [0.25, 0.3) is 0 Å². The number of rotatable bonds is 3. The van der Waals surface area contributed by atoms with Crippen LogP contribution < -0.4 is 5.32 Å². The highest BCUT2D eigenvalue weighted by Crippen LogP contribution is 2.18. The maximum atomic E-state index is 3.63. The molecule has 0 spiro atoms. The zero-order valence-electron chi connectivity index (χ0n) is 7.80. The molecule has 0 aliphatic carbocycles. The molecule has 0 bridgehead atoms. The molecule has 1 N–H and O–H groups in total. The van der Waals surface area contributed by atoms with Crippen LogP contribution in [0.2, 0.25) is 0 Å². The first-order chi connectivity index (χ1) is 5.75. The Morgan fingerprint density at radius 1 is 1.33 bits per heavy atom. The van der Waals surface area contributed by atoms with Crippen LogP contribution in [-0.2, 0) is 6.54 Å². The lowest BCUT2D eigenvalue weighted by molar-refractivity contribution is 0.800. The molecule has 0 atom stereocenters. The van der Waals surface area contributed by atoms with E-state index in [4.69, 9.17) is 0 Å². The normalized spacial score (nSPS) is 10.7. The van der Waals surface area contributed by atoms with Gasteiger partial charge in [-0.05, 0) is 17.0 Å². The smallest absolute Gasteiger partial charge is 0.0208 e. The number of benzene rings is 1. The summed E-state index contributed by atoms with van der Waals surface area (Å²) in [6.07, 6.45) is 0. The summed E-state index contributed by atoms with van der Waals surface area (Å²) >= 11 is 0. The van der Waals surface area contributed by atoms with E-state index in [0.29, 0.717) is 5.92 Å². The highest BCUT2D eigenvalue weighted by molar-refractivity contribution is 5.29. The SMILES string of the molecule is [CH2]NCc1ccccc1C(C)C. The summed E-state index contributed by atoms with van der Waals surface area (Å²) in [4.78, 5) is 0. The lowest BCUT2D eigenvalue weighted by Gasteiger charge is -2.11. The molecule has 0 heterocycles. The summed E-state index contributed by atoms with van der Waals surface area (Å²) in [5, 5.41) is 2.93. The van der Waals surface area contributed by atoms with E-state index in [0.717, 1.165) is 6.54 Å². The predicted octanol–water partition coefficient (Wildman–Crippen LogP) is 2.69. The molecule has 1 heteroatoms. The van der Waals surface area contributed by atoms with Gasteiger partial charge in [0.05, 0.1) is 0 Å². The standard InChI is InChI=1S/C11H16N/c1-9(2)11-7-5-4-6-10(11)8-12-3/h4-7,9,12H,3,8H2,1-2H3. The van der Waals surface area contributed by atoms with Crippen LogP contribution in [0, 0.1) is 7.05 Å². The minimum Gasteiger partial charge on any atom is -0.311 e. The summed E-state index contributed by atoms with van der Waals surface area (Å²) in [5.41, 5.74) is 2.76. The molecule has 1 aromatic rings. The molecule has 0 saturated heterocycles. The van der Waals surface area contributed by atoms with Gasteiger partial charge in [0, 0.05) is 13.6 Å². The van der Waals surface area contributed by atoms with E-state index >= 15 is 0 Å². The van der Waals surface area contributed by atoms with Crippen molar-refractivity contribution in [2.75, 3.05) is 0 Å². The van der Waals surface area contributed by atoms with Gasteiger partial charge >= 0.3 is 0 Å². The number of hydrogen-bond donors (Lipinski definition) is 1. The van der Waals surface area contributed by atoms with Crippen molar-refractivity contribution in [3.63, 3.8) is 0 Å². The maximum absolute atomic E-state index is 3.63. The van der Waals surface area contributed by atoms with Crippen molar-refractivity contribution in [2.24, 2.45) is 0 Å². The zero-order valence-corrected chi connectivity index (χ0v) is 7.80. The molecule has 1 aromatic carbocycles. The molecular weight excluding hydrogens is 146 g/mol. The van der Waals surface area contributed by atoms with E-state index in [1.165, 1.54) is 11.1 Å². The molecule has 0 unspecified atom stereocenters. The predicted molar refractivity (Wildman–Crippen MR) is 52.7 cm³/mol. The largest absolute Gasteiger partial charge is 0.311 e. The number of hydrogen-bond acceptors (Lipinski definition) is 1. The van der Waals surface area contributed by atoms with E-state index < -0.39 is 0 Å². The Morgan fingerprint density at radius 2 is 2.00 bits per heavy atom. The third-order valence-electron chi connectivity index (χ3n) is 1.99. The van der Waals surface area contributed by atoms with Gasteiger partial charge in [-0.15, -0.1) is 0 Å². The highest BCUT2D eigenvalue weighted by Gasteiger charge is 2.03. The Hall–Kier alpha value is -0.820. The Labute approximate surface area is 74.8 Å². The molecule has 0 aliphatic heterocycles. The van der Waals surface area contributed by atoms with Crippen molar-refractivity contribution in [3.05, 3.63) is 42.4 Å². The first-order valence-electron chi connectivity index (χ1n) is 4.33. The van der Waals surface area contributed by atoms with E-state index in [1.54, 1.807) is 0 Å². The fourth-order valence-electron chi connectivity index (χ4n) is 1.39. The summed E-state index contributed by atoms with van der Waals surface area (Å²) < 4.78 is 0. The van der Waals surface area contributed by atoms with Crippen molar-refractivity contribution in [1.82, 2.24) is 5.32 Å². The van der Waals surface area contributed by atoms with Gasteiger partial charge in [-0.3, -0.25) is 0 Å². The van der Waals surface area contributed by atoms with Crippen molar-refractivity contribution >= 4 is 0 Å². The van der Waals surface area contributed by atoms with Gasteiger partial charge in [-0.2, -0.15) is 0 Å². The van der Waals surface area contributed by atoms with Gasteiger partial charge in [0.2, 0.25) is 0 Å². The van der Waals surface area contributed by atoms with Crippen LogP contribution in [0.3, 0.4) is 0 Å². The average Bonchev–Trinajstić information content (AvgIpc) is 2.05. The van der Waals surface area contributed by atoms with E-state index in [2.05, 4.69) is 50.5 Å². The first-order valence-corrected chi connectivity index (χ1v) is 4.33. The molecule has 0 amide bonds. The van der Waals surface area contributed by atoms with Crippen LogP contribution in [-0.4, -0.2) is 0 Å². The Bertz CT molecular complexity index is 241. The van der Waals surface area contributed by atoms with E-state index in [9.17, 15) is 0 Å². The van der Waals surface area contributed by atoms with Crippen LogP contribution in [0.5, 0.6) is 0 Å². The van der Waals surface area contributed by atoms with E-state index in [1.807, 2.05) is 0 Å². The summed E-state index contributed by atoms with van der Waals surface area (Å²) in [6.45, 7) is 5.28. The van der Waals surface area contributed by atoms with Crippen molar-refractivity contribution in [2.45, 2.75) is 26.3 Å². The molecule has 0 aliphatic rings. The Kier molecular flexibility index (Phi) is 3.30. The minimum absolute atomic E-state index is 0.592. The fraction of sp³-hybridized carbons (Fsp3) is 0.364. The molecular formula is C11H16N. The van der Waals surface area contributed by atoms with Crippen molar-refractivity contribution < 1.29 is 0 Å². The second kappa shape index (κ2) is 4.27. The topological polar surface area (TPSA) is 12.0 Å². The molecule has 1 radical (unpaired) electrons. The number of nitrogens with one attached hydrogen (secondary N) is 1. The van der Waals surface area contributed by atoms with Gasteiger partial charge < -0.3 is 5.32 Å². The second-order valence-corrected chi connectivity index (χ2v) is 3.28. The third-order valence-corrected chi connectivity index (χ3v) is 1.99. The fourth-order valence-corrected chi connectivity index (χ4v) is 1.39. The molecule has 65 valence electrons.